The quantitative estimate of drug-likeness (QED) is 0.551. The summed E-state index contributed by atoms with van der Waals surface area (Å²) < 4.78 is 2.28. The number of rotatable bonds is 3. The lowest BCUT2D eigenvalue weighted by atomic mass is 10.3. The molecule has 1 saturated carbocycles. The van der Waals surface area contributed by atoms with E-state index in [1.54, 1.807) is 0 Å². The van der Waals surface area contributed by atoms with E-state index in [1.807, 2.05) is 0 Å². The van der Waals surface area contributed by atoms with Crippen molar-refractivity contribution in [3.05, 3.63) is 24.5 Å². The molecule has 0 unspecified atom stereocenters. The largest absolute Gasteiger partial charge is 1.00 e. The van der Waals surface area contributed by atoms with Crippen LogP contribution >= 0.6 is 0 Å². The second-order valence-electron chi connectivity index (χ2n) is 4.09. The van der Waals surface area contributed by atoms with Gasteiger partial charge in [-0.2, -0.15) is 0 Å². The van der Waals surface area contributed by atoms with Crippen molar-refractivity contribution in [2.24, 2.45) is 5.92 Å². The summed E-state index contributed by atoms with van der Waals surface area (Å²) in [6.07, 6.45) is 7.19. The Morgan fingerprint density at radius 2 is 1.86 bits per heavy atom. The Bertz CT molecular complexity index is 278. The van der Waals surface area contributed by atoms with E-state index in [0.717, 1.165) is 5.92 Å². The third-order valence-corrected chi connectivity index (χ3v) is 2.56. The molecule has 0 bridgehead atoms. The standard InChI is InChI=1S/C11H17N2.ClH/c1-12(2)11-5-7-13(8-6-11)9-10-3-4-10;/h5-8,10H,3-4,9H2,1-2H3;1H/q+1;/p-1. The van der Waals surface area contributed by atoms with E-state index in [-0.39, 0.29) is 12.4 Å². The summed E-state index contributed by atoms with van der Waals surface area (Å²) in [5, 5.41) is 0. The predicted molar refractivity (Wildman–Crippen MR) is 53.7 cm³/mol. The third-order valence-electron chi connectivity index (χ3n) is 2.56. The summed E-state index contributed by atoms with van der Waals surface area (Å²) in [6.45, 7) is 1.20. The Morgan fingerprint density at radius 3 is 2.29 bits per heavy atom. The van der Waals surface area contributed by atoms with Gasteiger partial charge in [-0.1, -0.05) is 0 Å². The highest BCUT2D eigenvalue weighted by Gasteiger charge is 2.25. The molecular formula is C11H17ClN2. The lowest BCUT2D eigenvalue weighted by Gasteiger charge is -2.10. The van der Waals surface area contributed by atoms with E-state index >= 15 is 0 Å². The molecule has 1 fully saturated rings. The Balaban J connectivity index is 0.000000980. The molecule has 1 aliphatic rings. The fraction of sp³-hybridized carbons (Fsp3) is 0.545. The average Bonchev–Trinajstić information content (AvgIpc) is 2.89. The number of pyridine rings is 1. The van der Waals surface area contributed by atoms with E-state index in [0.29, 0.717) is 0 Å². The molecule has 0 N–H and O–H groups in total. The minimum absolute atomic E-state index is 0. The lowest BCUT2D eigenvalue weighted by Crippen LogP contribution is -3.00. The van der Waals surface area contributed by atoms with Crippen molar-refractivity contribution in [2.45, 2.75) is 19.4 Å². The Hall–Kier alpha value is -0.760. The molecule has 1 aliphatic carbocycles. The molecule has 3 heteroatoms. The third kappa shape index (κ3) is 2.88. The van der Waals surface area contributed by atoms with Crippen molar-refractivity contribution in [1.29, 1.82) is 0 Å². The van der Waals surface area contributed by atoms with Crippen LogP contribution in [-0.4, -0.2) is 14.1 Å². The van der Waals surface area contributed by atoms with Gasteiger partial charge in [-0.15, -0.1) is 0 Å². The van der Waals surface area contributed by atoms with Crippen LogP contribution in [0, 0.1) is 5.92 Å². The molecule has 0 aromatic carbocycles. The monoisotopic (exact) mass is 212 g/mol. The SMILES string of the molecule is CN(C)c1cc[n+](CC2CC2)cc1.[Cl-]. The van der Waals surface area contributed by atoms with Crippen LogP contribution in [0.1, 0.15) is 12.8 Å². The maximum atomic E-state index is 2.28. The van der Waals surface area contributed by atoms with E-state index < -0.39 is 0 Å². The minimum Gasteiger partial charge on any atom is -1.00 e. The lowest BCUT2D eigenvalue weighted by molar-refractivity contribution is -0.700. The Kier molecular flexibility index (Phi) is 3.76. The molecule has 1 aromatic rings. The van der Waals surface area contributed by atoms with Crippen LogP contribution < -0.4 is 21.9 Å². The van der Waals surface area contributed by atoms with Gasteiger partial charge in [0.25, 0.3) is 0 Å². The van der Waals surface area contributed by atoms with Crippen molar-refractivity contribution in [3.8, 4) is 0 Å². The number of hydrogen-bond acceptors (Lipinski definition) is 1. The molecule has 78 valence electrons. The Labute approximate surface area is 92.0 Å². The molecule has 2 nitrogen and oxygen atoms in total. The highest BCUT2D eigenvalue weighted by molar-refractivity contribution is 5.41. The zero-order chi connectivity index (χ0) is 9.26. The first-order valence-corrected chi connectivity index (χ1v) is 4.92. The van der Waals surface area contributed by atoms with Gasteiger partial charge in [0.1, 0.15) is 0 Å². The molecule has 0 spiro atoms. The predicted octanol–water partition coefficient (Wildman–Crippen LogP) is -1.55. The molecule has 14 heavy (non-hydrogen) atoms. The summed E-state index contributed by atoms with van der Waals surface area (Å²) >= 11 is 0. The van der Waals surface area contributed by atoms with Gasteiger partial charge in [-0.05, 0) is 12.8 Å². The highest BCUT2D eigenvalue weighted by Crippen LogP contribution is 2.28. The van der Waals surface area contributed by atoms with Gasteiger partial charge in [0, 0.05) is 37.8 Å². The van der Waals surface area contributed by atoms with Crippen LogP contribution in [0.15, 0.2) is 24.5 Å². The fourth-order valence-corrected chi connectivity index (χ4v) is 1.47. The van der Waals surface area contributed by atoms with Gasteiger partial charge < -0.3 is 17.3 Å². The summed E-state index contributed by atoms with van der Waals surface area (Å²) in [4.78, 5) is 2.13. The molecule has 0 saturated heterocycles. The van der Waals surface area contributed by atoms with Crippen LogP contribution in [0.4, 0.5) is 5.69 Å². The van der Waals surface area contributed by atoms with Gasteiger partial charge in [0.2, 0.25) is 0 Å². The molecular weight excluding hydrogens is 196 g/mol. The smallest absolute Gasteiger partial charge is 0.170 e. The van der Waals surface area contributed by atoms with Crippen LogP contribution in [0.25, 0.3) is 0 Å². The van der Waals surface area contributed by atoms with Gasteiger partial charge in [0.05, 0.1) is 0 Å². The van der Waals surface area contributed by atoms with E-state index in [2.05, 4.69) is 48.1 Å². The summed E-state index contributed by atoms with van der Waals surface area (Å²) in [5.41, 5.74) is 1.27. The molecule has 1 aromatic heterocycles. The highest BCUT2D eigenvalue weighted by atomic mass is 35.5. The second kappa shape index (κ2) is 4.65. The van der Waals surface area contributed by atoms with Crippen molar-refractivity contribution in [1.82, 2.24) is 0 Å². The molecule has 2 rings (SSSR count). The number of hydrogen-bond donors (Lipinski definition) is 0. The first kappa shape index (κ1) is 11.3. The molecule has 0 amide bonds. The van der Waals surface area contributed by atoms with E-state index in [1.165, 1.54) is 25.1 Å². The number of halogens is 1. The van der Waals surface area contributed by atoms with Gasteiger partial charge in [-0.25, -0.2) is 4.57 Å². The fourth-order valence-electron chi connectivity index (χ4n) is 1.47. The summed E-state index contributed by atoms with van der Waals surface area (Å²) in [7, 11) is 4.14. The maximum absolute atomic E-state index is 2.28. The van der Waals surface area contributed by atoms with Crippen LogP contribution in [-0.2, 0) is 6.54 Å². The zero-order valence-corrected chi connectivity index (χ0v) is 9.54. The number of anilines is 1. The summed E-state index contributed by atoms with van der Waals surface area (Å²) in [6, 6.07) is 4.34. The molecule has 0 atom stereocenters. The van der Waals surface area contributed by atoms with E-state index in [4.69, 9.17) is 0 Å². The van der Waals surface area contributed by atoms with Gasteiger partial charge in [-0.3, -0.25) is 0 Å². The van der Waals surface area contributed by atoms with Crippen LogP contribution in [0.2, 0.25) is 0 Å². The molecule has 0 radical (unpaired) electrons. The van der Waals surface area contributed by atoms with Crippen LogP contribution in [0.3, 0.4) is 0 Å². The van der Waals surface area contributed by atoms with Crippen molar-refractivity contribution < 1.29 is 17.0 Å². The van der Waals surface area contributed by atoms with Gasteiger partial charge >= 0.3 is 0 Å². The molecule has 0 aliphatic heterocycles. The Morgan fingerprint density at radius 1 is 1.29 bits per heavy atom. The zero-order valence-electron chi connectivity index (χ0n) is 8.78. The topological polar surface area (TPSA) is 7.12 Å². The van der Waals surface area contributed by atoms with Gasteiger partial charge in [0.15, 0.2) is 18.9 Å². The van der Waals surface area contributed by atoms with Crippen molar-refractivity contribution >= 4 is 5.69 Å². The normalized spacial score (nSPS) is 14.7. The average molecular weight is 213 g/mol. The molecule has 1 heterocycles. The maximum Gasteiger partial charge on any atom is 0.170 e. The summed E-state index contributed by atoms with van der Waals surface area (Å²) in [5.74, 6) is 0.954. The second-order valence-corrected chi connectivity index (χ2v) is 4.09. The van der Waals surface area contributed by atoms with Crippen molar-refractivity contribution in [3.63, 3.8) is 0 Å². The first-order valence-electron chi connectivity index (χ1n) is 4.92. The van der Waals surface area contributed by atoms with Crippen LogP contribution in [0.5, 0.6) is 0 Å². The minimum atomic E-state index is 0. The number of aromatic nitrogens is 1. The number of nitrogens with zero attached hydrogens (tertiary/aromatic N) is 2. The van der Waals surface area contributed by atoms with E-state index in [9.17, 15) is 0 Å². The van der Waals surface area contributed by atoms with Crippen molar-refractivity contribution in [2.75, 3.05) is 19.0 Å². The first-order chi connectivity index (χ1) is 6.25.